The molecule has 1 aromatic heterocycles. The van der Waals surface area contributed by atoms with E-state index >= 15 is 0 Å². The molecule has 0 saturated carbocycles. The van der Waals surface area contributed by atoms with Gasteiger partial charge < -0.3 is 9.30 Å². The topological polar surface area (TPSA) is 44.1 Å². The molecule has 96 valence electrons. The number of imidazole rings is 1. The van der Waals surface area contributed by atoms with Gasteiger partial charge in [-0.1, -0.05) is 0 Å². The fraction of sp³-hybridized carbons (Fsp3) is 0.333. The van der Waals surface area contributed by atoms with Crippen LogP contribution in [-0.2, 0) is 22.5 Å². The van der Waals surface area contributed by atoms with E-state index in [1.807, 2.05) is 22.8 Å². The lowest BCUT2D eigenvalue weighted by atomic mass is 10.3. The number of aromatic nitrogens is 2. The first-order chi connectivity index (χ1) is 8.65. The van der Waals surface area contributed by atoms with Crippen LogP contribution in [0.4, 0.5) is 0 Å². The van der Waals surface area contributed by atoms with Gasteiger partial charge >= 0.3 is 5.97 Å². The van der Waals surface area contributed by atoms with E-state index in [4.69, 9.17) is 16.3 Å². The van der Waals surface area contributed by atoms with E-state index in [2.05, 4.69) is 27.6 Å². The van der Waals surface area contributed by atoms with E-state index in [0.29, 0.717) is 12.3 Å². The quantitative estimate of drug-likeness (QED) is 0.467. The van der Waals surface area contributed by atoms with Crippen molar-refractivity contribution in [3.63, 3.8) is 0 Å². The highest BCUT2D eigenvalue weighted by molar-refractivity contribution is 14.1. The Kier molecular flexibility index (Phi) is 4.45. The Morgan fingerprint density at radius 1 is 1.56 bits per heavy atom. The number of benzene rings is 1. The van der Waals surface area contributed by atoms with Gasteiger partial charge in [0.1, 0.15) is 12.4 Å². The van der Waals surface area contributed by atoms with Crippen LogP contribution < -0.4 is 0 Å². The average molecular weight is 379 g/mol. The molecule has 0 aliphatic carbocycles. The van der Waals surface area contributed by atoms with E-state index in [1.54, 1.807) is 0 Å². The summed E-state index contributed by atoms with van der Waals surface area (Å²) in [6.07, 6.45) is 0.629. The van der Waals surface area contributed by atoms with Crippen molar-refractivity contribution in [2.24, 2.45) is 0 Å². The summed E-state index contributed by atoms with van der Waals surface area (Å²) >= 11 is 8.00. The van der Waals surface area contributed by atoms with Crippen LogP contribution in [-0.4, -0.2) is 28.5 Å². The van der Waals surface area contributed by atoms with Crippen LogP contribution in [0.1, 0.15) is 5.82 Å². The van der Waals surface area contributed by atoms with Crippen LogP contribution in [0.3, 0.4) is 0 Å². The maximum absolute atomic E-state index is 11.4. The van der Waals surface area contributed by atoms with E-state index in [-0.39, 0.29) is 12.5 Å². The van der Waals surface area contributed by atoms with Gasteiger partial charge in [-0.3, -0.25) is 4.79 Å². The maximum Gasteiger partial charge on any atom is 0.325 e. The van der Waals surface area contributed by atoms with Crippen molar-refractivity contribution < 1.29 is 9.53 Å². The monoisotopic (exact) mass is 378 g/mol. The summed E-state index contributed by atoms with van der Waals surface area (Å²) in [5.74, 6) is 0.998. The number of methoxy groups -OCH3 is 1. The summed E-state index contributed by atoms with van der Waals surface area (Å²) in [6.45, 7) is 0.166. The smallest absolute Gasteiger partial charge is 0.325 e. The molecule has 0 amide bonds. The molecule has 0 atom stereocenters. The second kappa shape index (κ2) is 5.88. The number of esters is 1. The molecular formula is C12H12ClIN2O2. The molecule has 0 aliphatic heterocycles. The third kappa shape index (κ3) is 2.77. The van der Waals surface area contributed by atoms with Crippen LogP contribution in [0.2, 0.25) is 0 Å². The number of hydrogen-bond acceptors (Lipinski definition) is 3. The number of nitrogens with zero attached hydrogens (tertiary/aromatic N) is 2. The Bertz CT molecular complexity index is 583. The van der Waals surface area contributed by atoms with E-state index in [0.717, 1.165) is 20.4 Å². The first kappa shape index (κ1) is 13.6. The standard InChI is InChI=1S/C12H12ClIN2O2/c1-18-12(17)7-16-10-3-2-8(14)6-9(10)15-11(16)4-5-13/h2-3,6H,4-5,7H2,1H3. The molecule has 0 unspecified atom stereocenters. The fourth-order valence-corrected chi connectivity index (χ4v) is 2.44. The Balaban J connectivity index is 2.51. The van der Waals surface area contributed by atoms with Crippen molar-refractivity contribution in [3.05, 3.63) is 27.6 Å². The number of carbonyl (C=O) groups excluding carboxylic acids is 1. The van der Waals surface area contributed by atoms with Gasteiger partial charge in [0.25, 0.3) is 0 Å². The molecule has 0 N–H and O–H groups in total. The molecular weight excluding hydrogens is 367 g/mol. The van der Waals surface area contributed by atoms with Gasteiger partial charge in [0, 0.05) is 15.9 Å². The first-order valence-electron chi connectivity index (χ1n) is 5.43. The van der Waals surface area contributed by atoms with Gasteiger partial charge in [0.15, 0.2) is 0 Å². The van der Waals surface area contributed by atoms with Crippen molar-refractivity contribution in [1.29, 1.82) is 0 Å². The molecule has 0 radical (unpaired) electrons. The number of rotatable bonds is 4. The molecule has 0 spiro atoms. The minimum atomic E-state index is -0.288. The van der Waals surface area contributed by atoms with Gasteiger partial charge in [0.2, 0.25) is 0 Å². The minimum Gasteiger partial charge on any atom is -0.468 e. The van der Waals surface area contributed by atoms with Crippen LogP contribution in [0.5, 0.6) is 0 Å². The van der Waals surface area contributed by atoms with Gasteiger partial charge in [0.05, 0.1) is 18.1 Å². The SMILES string of the molecule is COC(=O)Cn1c(CCCl)nc2cc(I)ccc21. The highest BCUT2D eigenvalue weighted by Crippen LogP contribution is 2.19. The van der Waals surface area contributed by atoms with E-state index in [9.17, 15) is 4.79 Å². The molecule has 1 heterocycles. The highest BCUT2D eigenvalue weighted by atomic mass is 127. The number of alkyl halides is 1. The minimum absolute atomic E-state index is 0.166. The highest BCUT2D eigenvalue weighted by Gasteiger charge is 2.13. The lowest BCUT2D eigenvalue weighted by Crippen LogP contribution is -2.14. The second-order valence-corrected chi connectivity index (χ2v) is 5.39. The van der Waals surface area contributed by atoms with Crippen molar-refractivity contribution in [3.8, 4) is 0 Å². The Hall–Kier alpha value is -0.820. The molecule has 2 rings (SSSR count). The molecule has 0 saturated heterocycles. The molecule has 2 aromatic rings. The van der Waals surface area contributed by atoms with E-state index in [1.165, 1.54) is 7.11 Å². The first-order valence-corrected chi connectivity index (χ1v) is 7.04. The summed E-state index contributed by atoms with van der Waals surface area (Å²) in [5.41, 5.74) is 1.81. The number of fused-ring (bicyclic) bond motifs is 1. The van der Waals surface area contributed by atoms with Crippen molar-refractivity contribution >= 4 is 51.2 Å². The fourth-order valence-electron chi connectivity index (χ4n) is 1.80. The predicted molar refractivity (Wildman–Crippen MR) is 78.9 cm³/mol. The van der Waals surface area contributed by atoms with Gasteiger partial charge in [-0.15, -0.1) is 11.6 Å². The van der Waals surface area contributed by atoms with Crippen LogP contribution in [0.15, 0.2) is 18.2 Å². The third-order valence-corrected chi connectivity index (χ3v) is 3.48. The summed E-state index contributed by atoms with van der Waals surface area (Å²) < 4.78 is 7.68. The van der Waals surface area contributed by atoms with Gasteiger partial charge in [-0.2, -0.15) is 0 Å². The molecule has 0 bridgehead atoms. The molecule has 0 fully saturated rings. The summed E-state index contributed by atoms with van der Waals surface area (Å²) in [7, 11) is 1.38. The number of halogens is 2. The Morgan fingerprint density at radius 3 is 3.00 bits per heavy atom. The van der Waals surface area contributed by atoms with Crippen LogP contribution in [0.25, 0.3) is 11.0 Å². The Morgan fingerprint density at radius 2 is 2.33 bits per heavy atom. The Labute approximate surface area is 123 Å². The largest absolute Gasteiger partial charge is 0.468 e. The maximum atomic E-state index is 11.4. The zero-order valence-corrected chi connectivity index (χ0v) is 12.7. The number of ether oxygens (including phenoxy) is 1. The molecule has 4 nitrogen and oxygen atoms in total. The number of hydrogen-bond donors (Lipinski definition) is 0. The molecule has 18 heavy (non-hydrogen) atoms. The van der Waals surface area contributed by atoms with Crippen molar-refractivity contribution in [2.75, 3.05) is 13.0 Å². The van der Waals surface area contributed by atoms with Gasteiger partial charge in [-0.05, 0) is 40.8 Å². The lowest BCUT2D eigenvalue weighted by Gasteiger charge is -2.06. The third-order valence-electron chi connectivity index (χ3n) is 2.62. The summed E-state index contributed by atoms with van der Waals surface area (Å²) in [5, 5.41) is 0. The zero-order valence-electron chi connectivity index (χ0n) is 9.82. The van der Waals surface area contributed by atoms with Crippen molar-refractivity contribution in [1.82, 2.24) is 9.55 Å². The second-order valence-electron chi connectivity index (χ2n) is 3.76. The molecule has 1 aromatic carbocycles. The van der Waals surface area contributed by atoms with Crippen molar-refractivity contribution in [2.45, 2.75) is 13.0 Å². The zero-order chi connectivity index (χ0) is 13.1. The predicted octanol–water partition coefficient (Wildman–Crippen LogP) is 2.60. The molecule has 0 aliphatic rings. The summed E-state index contributed by atoms with van der Waals surface area (Å²) in [6, 6.07) is 5.94. The number of carbonyl (C=O) groups is 1. The van der Waals surface area contributed by atoms with Gasteiger partial charge in [-0.25, -0.2) is 4.98 Å². The average Bonchev–Trinajstić information content (AvgIpc) is 2.67. The van der Waals surface area contributed by atoms with Crippen LogP contribution >= 0.6 is 34.2 Å². The number of aryl methyl sites for hydroxylation is 1. The normalized spacial score (nSPS) is 10.8. The van der Waals surface area contributed by atoms with E-state index < -0.39 is 0 Å². The lowest BCUT2D eigenvalue weighted by molar-refractivity contribution is -0.141. The molecule has 6 heteroatoms. The van der Waals surface area contributed by atoms with Crippen LogP contribution in [0, 0.1) is 3.57 Å². The summed E-state index contributed by atoms with van der Waals surface area (Å²) in [4.78, 5) is 16.0.